The van der Waals surface area contributed by atoms with E-state index in [2.05, 4.69) is 26.5 Å². The van der Waals surface area contributed by atoms with Crippen LogP contribution in [0.2, 0.25) is 0 Å². The van der Waals surface area contributed by atoms with Gasteiger partial charge in [0.25, 0.3) is 0 Å². The van der Waals surface area contributed by atoms with Gasteiger partial charge < -0.3 is 0 Å². The zero-order chi connectivity index (χ0) is 12.1. The molecule has 1 N–H and O–H groups in total. The van der Waals surface area contributed by atoms with Crippen molar-refractivity contribution in [1.29, 1.82) is 10.5 Å². The summed E-state index contributed by atoms with van der Waals surface area (Å²) < 4.78 is 0.851. The smallest absolute Gasteiger partial charge is 0.237 e. The van der Waals surface area contributed by atoms with E-state index in [1.165, 1.54) is 0 Å². The fourth-order valence-corrected chi connectivity index (χ4v) is 2.01. The second-order valence-corrected chi connectivity index (χ2v) is 4.09. The summed E-state index contributed by atoms with van der Waals surface area (Å²) in [6, 6.07) is 7.29. The van der Waals surface area contributed by atoms with Crippen molar-refractivity contribution in [3.05, 3.63) is 27.7 Å². The largest absolute Gasteiger partial charge is 0.275 e. The number of anilines is 1. The van der Waals surface area contributed by atoms with Crippen molar-refractivity contribution in [3.63, 3.8) is 0 Å². The minimum atomic E-state index is -0.202. The molecule has 0 saturated carbocycles. The van der Waals surface area contributed by atoms with Crippen LogP contribution in [0.3, 0.4) is 0 Å². The summed E-state index contributed by atoms with van der Waals surface area (Å²) in [5, 5.41) is 20.8. The first kappa shape index (κ1) is 12.2. The maximum absolute atomic E-state index is 8.53. The number of rotatable bonds is 2. The van der Waals surface area contributed by atoms with E-state index in [0.717, 1.165) is 21.3 Å². The number of halogens is 1. The van der Waals surface area contributed by atoms with Crippen molar-refractivity contribution < 1.29 is 0 Å². The molecule has 0 saturated heterocycles. The molecule has 0 bridgehead atoms. The van der Waals surface area contributed by atoms with Gasteiger partial charge in [0.15, 0.2) is 0 Å². The predicted molar refractivity (Wildman–Crippen MR) is 65.9 cm³/mol. The molecule has 0 spiro atoms. The molecule has 0 heterocycles. The Labute approximate surface area is 102 Å². The van der Waals surface area contributed by atoms with Crippen LogP contribution in [0, 0.1) is 36.5 Å². The predicted octanol–water partition coefficient (Wildman–Crippen LogP) is 2.88. The van der Waals surface area contributed by atoms with E-state index >= 15 is 0 Å². The highest BCUT2D eigenvalue weighted by atomic mass is 79.9. The van der Waals surface area contributed by atoms with Crippen LogP contribution < -0.4 is 5.43 Å². The maximum atomic E-state index is 8.53. The molecule has 0 aliphatic heterocycles. The molecule has 0 fully saturated rings. The fraction of sp³-hybridized carbons (Fsp3) is 0.182. The van der Waals surface area contributed by atoms with E-state index in [1.54, 1.807) is 12.1 Å². The molecule has 1 rings (SSSR count). The van der Waals surface area contributed by atoms with Crippen molar-refractivity contribution in [1.82, 2.24) is 0 Å². The molecule has 1 aromatic rings. The van der Waals surface area contributed by atoms with Crippen LogP contribution in [0.4, 0.5) is 5.69 Å². The van der Waals surface area contributed by atoms with E-state index < -0.39 is 0 Å². The van der Waals surface area contributed by atoms with Crippen molar-refractivity contribution in [2.75, 3.05) is 5.43 Å². The van der Waals surface area contributed by atoms with Gasteiger partial charge in [0.1, 0.15) is 12.1 Å². The van der Waals surface area contributed by atoms with E-state index in [9.17, 15) is 0 Å². The number of benzene rings is 1. The standard InChI is InChI=1S/C11H9BrN4/c1-7-3-8(2)11(10(12)4-7)16-15-9(5-13)6-14/h3-4,16H,1-2H3. The summed E-state index contributed by atoms with van der Waals surface area (Å²) >= 11 is 3.39. The molecule has 4 nitrogen and oxygen atoms in total. The molecular weight excluding hydrogens is 268 g/mol. The molecule has 80 valence electrons. The lowest BCUT2D eigenvalue weighted by molar-refractivity contribution is 1.27. The third kappa shape index (κ3) is 2.82. The first-order chi connectivity index (χ1) is 7.58. The number of hydrogen-bond acceptors (Lipinski definition) is 4. The Morgan fingerprint density at radius 1 is 1.31 bits per heavy atom. The first-order valence-corrected chi connectivity index (χ1v) is 5.28. The van der Waals surface area contributed by atoms with Crippen LogP contribution in [0.15, 0.2) is 21.7 Å². The quantitative estimate of drug-likeness (QED) is 0.667. The molecule has 16 heavy (non-hydrogen) atoms. The zero-order valence-electron chi connectivity index (χ0n) is 8.87. The lowest BCUT2D eigenvalue weighted by Crippen LogP contribution is -1.99. The van der Waals surface area contributed by atoms with Gasteiger partial charge in [0.2, 0.25) is 5.71 Å². The zero-order valence-corrected chi connectivity index (χ0v) is 10.5. The minimum Gasteiger partial charge on any atom is -0.275 e. The summed E-state index contributed by atoms with van der Waals surface area (Å²) in [6.45, 7) is 3.91. The molecule has 0 radical (unpaired) electrons. The molecule has 5 heteroatoms. The maximum Gasteiger partial charge on any atom is 0.237 e. The molecular formula is C11H9BrN4. The Bertz CT molecular complexity index is 481. The second kappa shape index (κ2) is 5.29. The average Bonchev–Trinajstić information content (AvgIpc) is 2.22. The Kier molecular flexibility index (Phi) is 4.04. The normalized spacial score (nSPS) is 8.81. The minimum absolute atomic E-state index is 0.202. The van der Waals surface area contributed by atoms with Gasteiger partial charge in [-0.2, -0.15) is 15.6 Å². The Morgan fingerprint density at radius 3 is 2.44 bits per heavy atom. The fourth-order valence-electron chi connectivity index (χ4n) is 1.24. The lowest BCUT2D eigenvalue weighted by Gasteiger charge is -2.08. The van der Waals surface area contributed by atoms with Gasteiger partial charge in [-0.3, -0.25) is 5.43 Å². The van der Waals surface area contributed by atoms with Crippen LogP contribution in [-0.2, 0) is 0 Å². The van der Waals surface area contributed by atoms with E-state index in [1.807, 2.05) is 26.0 Å². The monoisotopic (exact) mass is 276 g/mol. The molecule has 0 atom stereocenters. The van der Waals surface area contributed by atoms with E-state index in [-0.39, 0.29) is 5.71 Å². The number of aryl methyl sites for hydroxylation is 2. The summed E-state index contributed by atoms with van der Waals surface area (Å²) in [5.74, 6) is 0. The average molecular weight is 277 g/mol. The van der Waals surface area contributed by atoms with Gasteiger partial charge in [-0.15, -0.1) is 0 Å². The van der Waals surface area contributed by atoms with E-state index in [4.69, 9.17) is 10.5 Å². The number of nitriles is 2. The van der Waals surface area contributed by atoms with Gasteiger partial charge in [-0.25, -0.2) is 0 Å². The Balaban J connectivity index is 3.05. The van der Waals surface area contributed by atoms with Crippen molar-refractivity contribution in [3.8, 4) is 12.1 Å². The first-order valence-electron chi connectivity index (χ1n) is 4.49. The van der Waals surface area contributed by atoms with Crippen LogP contribution in [0.1, 0.15) is 11.1 Å². The van der Waals surface area contributed by atoms with Crippen LogP contribution >= 0.6 is 15.9 Å². The number of nitrogens with zero attached hydrogens (tertiary/aromatic N) is 3. The van der Waals surface area contributed by atoms with Crippen LogP contribution in [0.25, 0.3) is 0 Å². The highest BCUT2D eigenvalue weighted by Crippen LogP contribution is 2.27. The highest BCUT2D eigenvalue weighted by Gasteiger charge is 2.04. The molecule has 0 unspecified atom stereocenters. The number of nitrogens with one attached hydrogen (secondary N) is 1. The van der Waals surface area contributed by atoms with Gasteiger partial charge in [-0.05, 0) is 47.0 Å². The summed E-state index contributed by atoms with van der Waals surface area (Å²) in [7, 11) is 0. The Morgan fingerprint density at radius 2 is 1.94 bits per heavy atom. The molecule has 0 aliphatic carbocycles. The van der Waals surface area contributed by atoms with Gasteiger partial charge >= 0.3 is 0 Å². The van der Waals surface area contributed by atoms with Crippen molar-refractivity contribution in [2.24, 2.45) is 5.10 Å². The summed E-state index contributed by atoms with van der Waals surface area (Å²) in [4.78, 5) is 0. The third-order valence-corrected chi connectivity index (χ3v) is 2.55. The number of hydrazone groups is 1. The van der Waals surface area contributed by atoms with Gasteiger partial charge in [0.05, 0.1) is 5.69 Å². The van der Waals surface area contributed by atoms with Crippen LogP contribution in [-0.4, -0.2) is 5.71 Å². The molecule has 0 aromatic heterocycles. The third-order valence-electron chi connectivity index (χ3n) is 1.92. The second-order valence-electron chi connectivity index (χ2n) is 3.23. The molecule has 1 aromatic carbocycles. The van der Waals surface area contributed by atoms with E-state index in [0.29, 0.717) is 0 Å². The molecule has 0 amide bonds. The number of hydrogen-bond donors (Lipinski definition) is 1. The highest BCUT2D eigenvalue weighted by molar-refractivity contribution is 9.10. The van der Waals surface area contributed by atoms with Crippen molar-refractivity contribution in [2.45, 2.75) is 13.8 Å². The van der Waals surface area contributed by atoms with Crippen LogP contribution in [0.5, 0.6) is 0 Å². The van der Waals surface area contributed by atoms with Crippen molar-refractivity contribution >= 4 is 27.3 Å². The lowest BCUT2D eigenvalue weighted by atomic mass is 10.1. The Hall–Kier alpha value is -1.85. The summed E-state index contributed by atoms with van der Waals surface area (Å²) in [6.07, 6.45) is 0. The summed E-state index contributed by atoms with van der Waals surface area (Å²) in [5.41, 5.74) is 5.38. The molecule has 0 aliphatic rings. The van der Waals surface area contributed by atoms with Gasteiger partial charge in [-0.1, -0.05) is 6.07 Å². The van der Waals surface area contributed by atoms with Gasteiger partial charge in [0, 0.05) is 4.47 Å². The topological polar surface area (TPSA) is 72.0 Å². The SMILES string of the molecule is Cc1cc(C)c(NN=C(C#N)C#N)c(Br)c1.